The first-order valence-corrected chi connectivity index (χ1v) is 4.44. The lowest BCUT2D eigenvalue weighted by atomic mass is 10.0. The van der Waals surface area contributed by atoms with Crippen LogP contribution in [0.5, 0.6) is 0 Å². The molecule has 1 fully saturated rings. The number of amides is 1. The number of aliphatic hydroxyl groups excluding tert-OH is 3. The van der Waals surface area contributed by atoms with Crippen molar-refractivity contribution in [3.63, 3.8) is 0 Å². The molecule has 0 aromatic carbocycles. The van der Waals surface area contributed by atoms with Gasteiger partial charge in [-0.25, -0.2) is 0 Å². The van der Waals surface area contributed by atoms with E-state index in [0.29, 0.717) is 0 Å². The van der Waals surface area contributed by atoms with Crippen molar-refractivity contribution in [1.29, 1.82) is 0 Å². The molecule has 4 N–H and O–H groups in total. The molecule has 0 bridgehead atoms. The Morgan fingerprint density at radius 1 is 1.57 bits per heavy atom. The van der Waals surface area contributed by atoms with Crippen LogP contribution in [0.2, 0.25) is 0 Å². The van der Waals surface area contributed by atoms with Gasteiger partial charge in [-0.3, -0.25) is 4.79 Å². The molecule has 4 atom stereocenters. The molecule has 0 aromatic heterocycles. The minimum Gasteiger partial charge on any atom is -0.394 e. The van der Waals surface area contributed by atoms with Gasteiger partial charge in [0.15, 0.2) is 6.29 Å². The van der Waals surface area contributed by atoms with Crippen molar-refractivity contribution in [3.8, 4) is 0 Å². The van der Waals surface area contributed by atoms with E-state index in [0.717, 1.165) is 0 Å². The Kier molecular flexibility index (Phi) is 3.82. The van der Waals surface area contributed by atoms with E-state index in [1.165, 1.54) is 6.92 Å². The zero-order valence-electron chi connectivity index (χ0n) is 7.88. The van der Waals surface area contributed by atoms with Crippen molar-refractivity contribution in [1.82, 2.24) is 5.32 Å². The molecule has 1 unspecified atom stereocenters. The van der Waals surface area contributed by atoms with E-state index >= 15 is 0 Å². The number of nitrogens with one attached hydrogen (secondary N) is 1. The Morgan fingerprint density at radius 3 is 2.64 bits per heavy atom. The summed E-state index contributed by atoms with van der Waals surface area (Å²) in [7, 11) is 0. The van der Waals surface area contributed by atoms with Crippen molar-refractivity contribution < 1.29 is 24.9 Å². The maximum absolute atomic E-state index is 10.7. The van der Waals surface area contributed by atoms with Crippen LogP contribution >= 0.6 is 0 Å². The zero-order valence-corrected chi connectivity index (χ0v) is 7.88. The summed E-state index contributed by atoms with van der Waals surface area (Å²) in [5.74, 6) is -0.348. The third-order valence-electron chi connectivity index (χ3n) is 2.13. The van der Waals surface area contributed by atoms with Gasteiger partial charge in [-0.05, 0) is 0 Å². The van der Waals surface area contributed by atoms with Crippen LogP contribution in [-0.2, 0) is 9.53 Å². The molecule has 1 aliphatic rings. The topological polar surface area (TPSA) is 99.0 Å². The van der Waals surface area contributed by atoms with Crippen LogP contribution in [-0.4, -0.2) is 52.4 Å². The van der Waals surface area contributed by atoms with Crippen LogP contribution in [0.25, 0.3) is 0 Å². The maximum Gasteiger partial charge on any atom is 0.217 e. The number of carbonyl (C=O) groups excluding carboxylic acids is 1. The standard InChI is InChI=1S/C8H15NO5/c1-4(11)9-7-6(12)2-5(3-10)14-8(7)13/h5-8,10,12-13H,2-3H2,1H3,(H,9,11)/t5-,6+,7-,8?/m0/s1. The highest BCUT2D eigenvalue weighted by Crippen LogP contribution is 2.18. The number of hydrogen-bond donors (Lipinski definition) is 4. The lowest BCUT2D eigenvalue weighted by molar-refractivity contribution is -0.214. The quantitative estimate of drug-likeness (QED) is 0.416. The summed E-state index contributed by atoms with van der Waals surface area (Å²) in [4.78, 5) is 10.7. The van der Waals surface area contributed by atoms with Gasteiger partial charge >= 0.3 is 0 Å². The molecule has 0 saturated carbocycles. The largest absolute Gasteiger partial charge is 0.394 e. The van der Waals surface area contributed by atoms with Gasteiger partial charge in [-0.15, -0.1) is 0 Å². The van der Waals surface area contributed by atoms with Crippen molar-refractivity contribution in [2.45, 2.75) is 37.9 Å². The zero-order chi connectivity index (χ0) is 10.7. The molecule has 82 valence electrons. The van der Waals surface area contributed by atoms with E-state index in [1.807, 2.05) is 0 Å². The molecule has 6 heteroatoms. The second-order valence-corrected chi connectivity index (χ2v) is 3.36. The van der Waals surface area contributed by atoms with Gasteiger partial charge in [0, 0.05) is 13.3 Å². The maximum atomic E-state index is 10.7. The third kappa shape index (κ3) is 2.65. The average molecular weight is 205 g/mol. The van der Waals surface area contributed by atoms with Gasteiger partial charge in [-0.2, -0.15) is 0 Å². The number of hydrogen-bond acceptors (Lipinski definition) is 5. The predicted molar refractivity (Wildman–Crippen MR) is 46.2 cm³/mol. The number of ether oxygens (including phenoxy) is 1. The predicted octanol–water partition coefficient (Wildman–Crippen LogP) is -2.05. The Hall–Kier alpha value is -0.690. The van der Waals surface area contributed by atoms with Crippen LogP contribution in [0.1, 0.15) is 13.3 Å². The lowest BCUT2D eigenvalue weighted by Crippen LogP contribution is -2.57. The monoisotopic (exact) mass is 205 g/mol. The Labute approximate surface area is 81.5 Å². The summed E-state index contributed by atoms with van der Waals surface area (Å²) in [5, 5.41) is 30.0. The van der Waals surface area contributed by atoms with Gasteiger partial charge < -0.3 is 25.4 Å². The van der Waals surface area contributed by atoms with E-state index in [9.17, 15) is 15.0 Å². The van der Waals surface area contributed by atoms with Crippen LogP contribution in [0, 0.1) is 0 Å². The summed E-state index contributed by atoms with van der Waals surface area (Å²) < 4.78 is 4.95. The van der Waals surface area contributed by atoms with E-state index in [-0.39, 0.29) is 18.9 Å². The fraction of sp³-hybridized carbons (Fsp3) is 0.875. The van der Waals surface area contributed by atoms with Crippen LogP contribution in [0.4, 0.5) is 0 Å². The number of carbonyl (C=O) groups is 1. The van der Waals surface area contributed by atoms with Gasteiger partial charge in [-0.1, -0.05) is 0 Å². The summed E-state index contributed by atoms with van der Waals surface area (Å²) in [5.41, 5.74) is 0. The molecule has 0 aliphatic carbocycles. The van der Waals surface area contributed by atoms with Gasteiger partial charge in [0.2, 0.25) is 5.91 Å². The SMILES string of the molecule is CC(=O)N[C@@H]1C(O)O[C@H](CO)C[C@H]1O. The van der Waals surface area contributed by atoms with E-state index in [2.05, 4.69) is 5.32 Å². The minimum atomic E-state index is -1.28. The summed E-state index contributed by atoms with van der Waals surface area (Å²) in [6, 6.07) is -0.824. The van der Waals surface area contributed by atoms with Crippen molar-refractivity contribution in [2.24, 2.45) is 0 Å². The fourth-order valence-electron chi connectivity index (χ4n) is 1.46. The molecule has 14 heavy (non-hydrogen) atoms. The first-order valence-electron chi connectivity index (χ1n) is 4.44. The van der Waals surface area contributed by atoms with Crippen LogP contribution < -0.4 is 5.32 Å². The number of rotatable bonds is 2. The second kappa shape index (κ2) is 4.70. The van der Waals surface area contributed by atoms with Gasteiger partial charge in [0.25, 0.3) is 0 Å². The molecule has 0 spiro atoms. The fourth-order valence-corrected chi connectivity index (χ4v) is 1.46. The van der Waals surface area contributed by atoms with Crippen LogP contribution in [0.3, 0.4) is 0 Å². The summed E-state index contributed by atoms with van der Waals surface area (Å²) in [6.45, 7) is 1.03. The van der Waals surface area contributed by atoms with Gasteiger partial charge in [0.1, 0.15) is 6.04 Å². The average Bonchev–Trinajstić information content (AvgIpc) is 2.10. The smallest absolute Gasteiger partial charge is 0.217 e. The van der Waals surface area contributed by atoms with Crippen LogP contribution in [0.15, 0.2) is 0 Å². The second-order valence-electron chi connectivity index (χ2n) is 3.36. The Morgan fingerprint density at radius 2 is 2.21 bits per heavy atom. The van der Waals surface area contributed by atoms with E-state index < -0.39 is 24.5 Å². The summed E-state index contributed by atoms with van der Waals surface area (Å²) >= 11 is 0. The Balaban J connectivity index is 2.55. The molecule has 1 rings (SSSR count). The first kappa shape index (κ1) is 11.4. The third-order valence-corrected chi connectivity index (χ3v) is 2.13. The highest BCUT2D eigenvalue weighted by atomic mass is 16.6. The Bertz CT molecular complexity index is 198. The minimum absolute atomic E-state index is 0.193. The van der Waals surface area contributed by atoms with E-state index in [1.54, 1.807) is 0 Å². The van der Waals surface area contributed by atoms with Crippen molar-refractivity contribution in [3.05, 3.63) is 0 Å². The summed E-state index contributed by atoms with van der Waals surface area (Å²) in [6.07, 6.45) is -2.57. The molecule has 0 radical (unpaired) electrons. The van der Waals surface area contributed by atoms with E-state index in [4.69, 9.17) is 9.84 Å². The molecule has 1 amide bonds. The molecule has 1 heterocycles. The number of aliphatic hydroxyl groups is 3. The first-order chi connectivity index (χ1) is 6.54. The lowest BCUT2D eigenvalue weighted by Gasteiger charge is -2.36. The highest BCUT2D eigenvalue weighted by Gasteiger charge is 2.36. The molecule has 1 saturated heterocycles. The molecular weight excluding hydrogens is 190 g/mol. The molecular formula is C8H15NO5. The van der Waals surface area contributed by atoms with Crippen molar-refractivity contribution in [2.75, 3.05) is 6.61 Å². The molecule has 1 aliphatic heterocycles. The highest BCUT2D eigenvalue weighted by molar-refractivity contribution is 5.73. The normalized spacial score (nSPS) is 38.0. The molecule has 0 aromatic rings. The molecule has 6 nitrogen and oxygen atoms in total. The van der Waals surface area contributed by atoms with Crippen molar-refractivity contribution >= 4 is 5.91 Å². The van der Waals surface area contributed by atoms with Gasteiger partial charge in [0.05, 0.1) is 18.8 Å².